The minimum absolute atomic E-state index is 0.707. The molecule has 0 atom stereocenters. The Morgan fingerprint density at radius 1 is 1.15 bits per heavy atom. The first kappa shape index (κ1) is 8.25. The summed E-state index contributed by atoms with van der Waals surface area (Å²) in [7, 11) is 0. The monoisotopic (exact) mass is 238 g/mol. The molecule has 1 heterocycles. The summed E-state index contributed by atoms with van der Waals surface area (Å²) in [6.45, 7) is 0. The lowest BCUT2D eigenvalue weighted by molar-refractivity contribution is 1.05. The summed E-state index contributed by atoms with van der Waals surface area (Å²) in [4.78, 5) is 0. The van der Waals surface area contributed by atoms with Gasteiger partial charge in [-0.05, 0) is 18.2 Å². The van der Waals surface area contributed by atoms with Crippen LogP contribution in [0.5, 0.6) is 0 Å². The zero-order valence-corrected chi connectivity index (χ0v) is 8.27. The van der Waals surface area contributed by atoms with E-state index in [0.717, 1.165) is 10.2 Å². The molecule has 2 rings (SSSR count). The zero-order valence-electron chi connectivity index (χ0n) is 6.68. The maximum Gasteiger partial charge on any atom is 0.123 e. The predicted octanol–water partition coefficient (Wildman–Crippen LogP) is 1.61. The third kappa shape index (κ3) is 1.70. The summed E-state index contributed by atoms with van der Waals surface area (Å²) in [6.07, 6.45) is 3.25. The van der Waals surface area contributed by atoms with Crippen molar-refractivity contribution >= 4 is 21.6 Å². The topological polar surface area (TPSA) is 56.7 Å². The summed E-state index contributed by atoms with van der Waals surface area (Å²) in [5.41, 5.74) is 7.33. The van der Waals surface area contributed by atoms with Crippen molar-refractivity contribution in [3.05, 3.63) is 35.3 Å². The van der Waals surface area contributed by atoms with Crippen LogP contribution in [0.4, 0.5) is 5.69 Å². The minimum atomic E-state index is 0.707. The Bertz CT molecular complexity index is 390. The second-order valence-electron chi connectivity index (χ2n) is 2.61. The Balaban J connectivity index is 2.53. The lowest BCUT2D eigenvalue weighted by Gasteiger charge is -2.02. The number of hydrogen-bond donors (Lipinski definition) is 1. The lowest BCUT2D eigenvalue weighted by Crippen LogP contribution is -1.92. The van der Waals surface area contributed by atoms with Gasteiger partial charge in [-0.15, -0.1) is 10.2 Å². The van der Waals surface area contributed by atoms with Gasteiger partial charge in [-0.2, -0.15) is 0 Å². The molecule has 4 nitrogen and oxygen atoms in total. The largest absolute Gasteiger partial charge is 0.399 e. The van der Waals surface area contributed by atoms with Crippen molar-refractivity contribution in [3.8, 4) is 5.69 Å². The molecule has 1 aromatic carbocycles. The number of hydrogen-bond acceptors (Lipinski definition) is 3. The molecule has 0 saturated carbocycles. The molecule has 2 N–H and O–H groups in total. The molecule has 0 fully saturated rings. The van der Waals surface area contributed by atoms with E-state index < -0.39 is 0 Å². The third-order valence-corrected chi connectivity index (χ3v) is 2.08. The lowest BCUT2D eigenvalue weighted by atomic mass is 10.3. The molecule has 0 amide bonds. The Morgan fingerprint density at radius 3 is 2.46 bits per heavy atom. The zero-order chi connectivity index (χ0) is 9.26. The van der Waals surface area contributed by atoms with Crippen molar-refractivity contribution in [2.75, 3.05) is 5.73 Å². The van der Waals surface area contributed by atoms with E-state index in [2.05, 4.69) is 26.1 Å². The van der Waals surface area contributed by atoms with Crippen molar-refractivity contribution < 1.29 is 0 Å². The van der Waals surface area contributed by atoms with Crippen LogP contribution >= 0.6 is 15.9 Å². The highest BCUT2D eigenvalue weighted by molar-refractivity contribution is 9.10. The summed E-state index contributed by atoms with van der Waals surface area (Å²) >= 11 is 3.36. The van der Waals surface area contributed by atoms with Gasteiger partial charge in [0.05, 0.1) is 5.69 Å². The van der Waals surface area contributed by atoms with Crippen LogP contribution in [0.15, 0.2) is 35.3 Å². The molecule has 0 radical (unpaired) electrons. The summed E-state index contributed by atoms with van der Waals surface area (Å²) in [6, 6.07) is 5.64. The van der Waals surface area contributed by atoms with Crippen molar-refractivity contribution in [2.45, 2.75) is 0 Å². The molecule has 0 saturated heterocycles. The number of aromatic nitrogens is 3. The summed E-state index contributed by atoms with van der Waals surface area (Å²) in [5, 5.41) is 7.43. The summed E-state index contributed by atoms with van der Waals surface area (Å²) in [5.74, 6) is 0. The van der Waals surface area contributed by atoms with E-state index in [0.29, 0.717) is 5.69 Å². The molecule has 5 heteroatoms. The van der Waals surface area contributed by atoms with E-state index in [-0.39, 0.29) is 0 Å². The standard InChI is InChI=1S/C8H7BrN4/c9-6-1-7(10)3-8(2-6)13-4-11-12-5-13/h1-5H,10H2. The maximum absolute atomic E-state index is 5.68. The van der Waals surface area contributed by atoms with Crippen molar-refractivity contribution in [3.63, 3.8) is 0 Å². The smallest absolute Gasteiger partial charge is 0.123 e. The molecule has 0 unspecified atom stereocenters. The van der Waals surface area contributed by atoms with Crippen LogP contribution in [0.3, 0.4) is 0 Å². The Labute approximate surface area is 83.5 Å². The fourth-order valence-electron chi connectivity index (χ4n) is 1.08. The first-order chi connectivity index (χ1) is 6.25. The minimum Gasteiger partial charge on any atom is -0.399 e. The first-order valence-corrected chi connectivity index (χ1v) is 4.46. The number of rotatable bonds is 1. The van der Waals surface area contributed by atoms with Gasteiger partial charge in [-0.25, -0.2) is 0 Å². The Kier molecular flexibility index (Phi) is 2.02. The van der Waals surface area contributed by atoms with Gasteiger partial charge in [0.25, 0.3) is 0 Å². The van der Waals surface area contributed by atoms with E-state index in [1.807, 2.05) is 18.2 Å². The predicted molar refractivity (Wildman–Crippen MR) is 53.5 cm³/mol. The van der Waals surface area contributed by atoms with Crippen molar-refractivity contribution in [1.82, 2.24) is 14.8 Å². The van der Waals surface area contributed by atoms with Crippen LogP contribution in [0.2, 0.25) is 0 Å². The highest BCUT2D eigenvalue weighted by Gasteiger charge is 1.98. The van der Waals surface area contributed by atoms with Gasteiger partial charge in [0.15, 0.2) is 0 Å². The van der Waals surface area contributed by atoms with Crippen LogP contribution in [0.25, 0.3) is 5.69 Å². The molecule has 2 aromatic rings. The SMILES string of the molecule is Nc1cc(Br)cc(-n2cnnc2)c1. The van der Waals surface area contributed by atoms with Gasteiger partial charge in [-0.3, -0.25) is 4.57 Å². The van der Waals surface area contributed by atoms with E-state index >= 15 is 0 Å². The number of anilines is 1. The van der Waals surface area contributed by atoms with Gasteiger partial charge in [-0.1, -0.05) is 15.9 Å². The molecule has 0 aliphatic rings. The summed E-state index contributed by atoms with van der Waals surface area (Å²) < 4.78 is 2.73. The number of nitrogens with zero attached hydrogens (tertiary/aromatic N) is 3. The van der Waals surface area contributed by atoms with Crippen molar-refractivity contribution in [1.29, 1.82) is 0 Å². The number of nitrogen functional groups attached to an aromatic ring is 1. The average Bonchev–Trinajstić information content (AvgIpc) is 2.53. The molecule has 1 aromatic heterocycles. The molecule has 0 aliphatic heterocycles. The van der Waals surface area contributed by atoms with E-state index in [4.69, 9.17) is 5.73 Å². The molecule has 0 aliphatic carbocycles. The second-order valence-corrected chi connectivity index (χ2v) is 3.53. The molecule has 13 heavy (non-hydrogen) atoms. The van der Waals surface area contributed by atoms with Gasteiger partial charge in [0.2, 0.25) is 0 Å². The molecular weight excluding hydrogens is 232 g/mol. The van der Waals surface area contributed by atoms with Gasteiger partial charge in [0.1, 0.15) is 12.7 Å². The second kappa shape index (κ2) is 3.18. The van der Waals surface area contributed by atoms with Crippen LogP contribution in [0.1, 0.15) is 0 Å². The molecule has 0 bridgehead atoms. The van der Waals surface area contributed by atoms with Gasteiger partial charge in [0, 0.05) is 10.2 Å². The van der Waals surface area contributed by atoms with Crippen LogP contribution in [0, 0.1) is 0 Å². The van der Waals surface area contributed by atoms with Crippen LogP contribution < -0.4 is 5.73 Å². The highest BCUT2D eigenvalue weighted by Crippen LogP contribution is 2.19. The molecule has 0 spiro atoms. The quantitative estimate of drug-likeness (QED) is 0.769. The Hall–Kier alpha value is -1.36. The van der Waals surface area contributed by atoms with E-state index in [9.17, 15) is 0 Å². The number of benzene rings is 1. The van der Waals surface area contributed by atoms with Crippen LogP contribution in [-0.4, -0.2) is 14.8 Å². The molecular formula is C8H7BrN4. The number of halogens is 1. The number of nitrogens with two attached hydrogens (primary N) is 1. The fourth-order valence-corrected chi connectivity index (χ4v) is 1.58. The van der Waals surface area contributed by atoms with E-state index in [1.165, 1.54) is 0 Å². The fraction of sp³-hybridized carbons (Fsp3) is 0. The first-order valence-electron chi connectivity index (χ1n) is 3.67. The van der Waals surface area contributed by atoms with Crippen molar-refractivity contribution in [2.24, 2.45) is 0 Å². The average molecular weight is 239 g/mol. The Morgan fingerprint density at radius 2 is 1.85 bits per heavy atom. The third-order valence-electron chi connectivity index (χ3n) is 1.62. The normalized spacial score (nSPS) is 10.2. The van der Waals surface area contributed by atoms with Crippen LogP contribution in [-0.2, 0) is 0 Å². The maximum atomic E-state index is 5.68. The van der Waals surface area contributed by atoms with Gasteiger partial charge >= 0.3 is 0 Å². The molecule has 66 valence electrons. The van der Waals surface area contributed by atoms with E-state index in [1.54, 1.807) is 17.2 Å². The van der Waals surface area contributed by atoms with Gasteiger partial charge < -0.3 is 5.73 Å². The highest BCUT2D eigenvalue weighted by atomic mass is 79.9.